The third-order valence-electron chi connectivity index (χ3n) is 3.94. The lowest BCUT2D eigenvalue weighted by Crippen LogP contribution is -2.30. The molecular formula is C18H19FN6O2. The molecule has 0 fully saturated rings. The van der Waals surface area contributed by atoms with Crippen LogP contribution in [0.15, 0.2) is 29.3 Å². The molecule has 27 heavy (non-hydrogen) atoms. The lowest BCUT2D eigenvalue weighted by molar-refractivity contribution is 0.102. The molecule has 0 saturated heterocycles. The molecule has 0 aliphatic heterocycles. The average Bonchev–Trinajstić information content (AvgIpc) is 3.10. The number of amides is 1. The summed E-state index contributed by atoms with van der Waals surface area (Å²) in [6, 6.07) is 4.11. The quantitative estimate of drug-likeness (QED) is 0.655. The molecule has 2 aromatic heterocycles. The molecule has 0 unspecified atom stereocenters. The van der Waals surface area contributed by atoms with Gasteiger partial charge in [-0.3, -0.25) is 14.7 Å². The van der Waals surface area contributed by atoms with Gasteiger partial charge in [-0.25, -0.2) is 14.4 Å². The van der Waals surface area contributed by atoms with Crippen LogP contribution in [0.25, 0.3) is 11.4 Å². The van der Waals surface area contributed by atoms with Crippen molar-refractivity contribution in [2.24, 2.45) is 0 Å². The predicted octanol–water partition coefficient (Wildman–Crippen LogP) is 2.55. The molecule has 9 heteroatoms. The van der Waals surface area contributed by atoms with E-state index in [1.165, 1.54) is 24.5 Å². The number of rotatable bonds is 3. The van der Waals surface area contributed by atoms with E-state index in [0.717, 1.165) is 0 Å². The highest BCUT2D eigenvalue weighted by Gasteiger charge is 2.23. The SMILES string of the molecule is Cc1nc(C(C)(C)C)[nH]c(=O)c1C(=O)Nc1cc(-c2ncn[nH]2)ccc1F. The van der Waals surface area contributed by atoms with E-state index in [9.17, 15) is 14.0 Å². The third kappa shape index (κ3) is 3.76. The Kier molecular flexibility index (Phi) is 4.61. The van der Waals surface area contributed by atoms with E-state index in [4.69, 9.17) is 0 Å². The maximum absolute atomic E-state index is 14.1. The normalized spacial score (nSPS) is 11.4. The van der Waals surface area contributed by atoms with Gasteiger partial charge in [0, 0.05) is 11.0 Å². The lowest BCUT2D eigenvalue weighted by Gasteiger charge is -2.18. The smallest absolute Gasteiger partial charge is 0.264 e. The van der Waals surface area contributed by atoms with Crippen molar-refractivity contribution in [2.45, 2.75) is 33.1 Å². The van der Waals surface area contributed by atoms with Gasteiger partial charge < -0.3 is 10.3 Å². The summed E-state index contributed by atoms with van der Waals surface area (Å²) in [6.45, 7) is 7.26. The number of aromatic nitrogens is 5. The first-order chi connectivity index (χ1) is 12.7. The van der Waals surface area contributed by atoms with E-state index >= 15 is 0 Å². The van der Waals surface area contributed by atoms with Crippen LogP contribution >= 0.6 is 0 Å². The molecule has 0 aliphatic carbocycles. The highest BCUT2D eigenvalue weighted by atomic mass is 19.1. The summed E-state index contributed by atoms with van der Waals surface area (Å²) < 4.78 is 14.1. The minimum Gasteiger partial charge on any atom is -0.319 e. The van der Waals surface area contributed by atoms with Gasteiger partial charge in [-0.1, -0.05) is 20.8 Å². The minimum atomic E-state index is -0.740. The largest absolute Gasteiger partial charge is 0.319 e. The maximum Gasteiger partial charge on any atom is 0.264 e. The maximum atomic E-state index is 14.1. The highest BCUT2D eigenvalue weighted by Crippen LogP contribution is 2.23. The Bertz CT molecular complexity index is 1050. The number of nitrogens with one attached hydrogen (secondary N) is 3. The summed E-state index contributed by atoms with van der Waals surface area (Å²) >= 11 is 0. The van der Waals surface area contributed by atoms with Crippen LogP contribution in [0, 0.1) is 12.7 Å². The number of hydrogen-bond donors (Lipinski definition) is 3. The van der Waals surface area contributed by atoms with Crippen LogP contribution in [0.2, 0.25) is 0 Å². The zero-order valence-corrected chi connectivity index (χ0v) is 15.3. The van der Waals surface area contributed by atoms with E-state index in [1.54, 1.807) is 6.92 Å². The number of benzene rings is 1. The van der Waals surface area contributed by atoms with Gasteiger partial charge in [-0.05, 0) is 25.1 Å². The molecule has 0 atom stereocenters. The zero-order valence-electron chi connectivity index (χ0n) is 15.3. The lowest BCUT2D eigenvalue weighted by atomic mass is 9.95. The molecule has 0 saturated carbocycles. The van der Waals surface area contributed by atoms with E-state index in [-0.39, 0.29) is 22.4 Å². The molecule has 8 nitrogen and oxygen atoms in total. The summed E-state index contributed by atoms with van der Waals surface area (Å²) in [5.41, 5.74) is -0.378. The number of aryl methyl sites for hydroxylation is 1. The van der Waals surface area contributed by atoms with Crippen molar-refractivity contribution in [2.75, 3.05) is 5.32 Å². The van der Waals surface area contributed by atoms with Gasteiger partial charge in [0.2, 0.25) is 0 Å². The topological polar surface area (TPSA) is 116 Å². The molecule has 3 rings (SSSR count). The zero-order chi connectivity index (χ0) is 19.8. The first-order valence-corrected chi connectivity index (χ1v) is 8.25. The van der Waals surface area contributed by atoms with E-state index in [1.807, 2.05) is 20.8 Å². The summed E-state index contributed by atoms with van der Waals surface area (Å²) in [5, 5.41) is 8.83. The Morgan fingerprint density at radius 3 is 2.59 bits per heavy atom. The standard InChI is InChI=1S/C18H19FN6O2/c1-9-13(16(27)24-17(22-9)18(2,3)4)15(26)23-12-7-10(5-6-11(12)19)14-20-8-21-25-14/h5-8H,1-4H3,(H,23,26)(H,20,21,25)(H,22,24,27). The second kappa shape index (κ2) is 6.75. The van der Waals surface area contributed by atoms with Crippen molar-refractivity contribution in [3.05, 3.63) is 57.8 Å². The van der Waals surface area contributed by atoms with Gasteiger partial charge in [0.15, 0.2) is 5.82 Å². The summed E-state index contributed by atoms with van der Waals surface area (Å²) in [5.74, 6) is -0.480. The molecule has 3 N–H and O–H groups in total. The molecule has 0 bridgehead atoms. The van der Waals surface area contributed by atoms with Crippen molar-refractivity contribution >= 4 is 11.6 Å². The van der Waals surface area contributed by atoms with Crippen LogP contribution in [0.1, 0.15) is 42.6 Å². The number of aromatic amines is 2. The molecule has 0 spiro atoms. The molecule has 1 amide bonds. The van der Waals surface area contributed by atoms with E-state index in [0.29, 0.717) is 17.2 Å². The van der Waals surface area contributed by atoms with Crippen LogP contribution in [0.4, 0.5) is 10.1 Å². The van der Waals surface area contributed by atoms with Crippen molar-refractivity contribution in [3.63, 3.8) is 0 Å². The molecule has 140 valence electrons. The van der Waals surface area contributed by atoms with Gasteiger partial charge in [-0.2, -0.15) is 5.10 Å². The van der Waals surface area contributed by atoms with Crippen LogP contribution in [0.5, 0.6) is 0 Å². The fourth-order valence-electron chi connectivity index (χ4n) is 2.51. The Hall–Kier alpha value is -3.36. The molecule has 2 heterocycles. The van der Waals surface area contributed by atoms with E-state index < -0.39 is 17.3 Å². The van der Waals surface area contributed by atoms with Crippen LogP contribution in [-0.2, 0) is 5.41 Å². The third-order valence-corrected chi connectivity index (χ3v) is 3.94. The first kappa shape index (κ1) is 18.4. The number of carbonyl (C=O) groups is 1. The molecule has 0 aliphatic rings. The first-order valence-electron chi connectivity index (χ1n) is 8.25. The Labute approximate surface area is 154 Å². The second-order valence-corrected chi connectivity index (χ2v) is 7.11. The number of anilines is 1. The Morgan fingerprint density at radius 2 is 2.00 bits per heavy atom. The molecule has 1 aromatic carbocycles. The van der Waals surface area contributed by atoms with Gasteiger partial charge in [0.05, 0.1) is 11.4 Å². The van der Waals surface area contributed by atoms with Crippen LogP contribution < -0.4 is 10.9 Å². The molecule has 3 aromatic rings. The number of halogens is 1. The number of nitrogens with zero attached hydrogens (tertiary/aromatic N) is 3. The summed E-state index contributed by atoms with van der Waals surface area (Å²) in [7, 11) is 0. The van der Waals surface area contributed by atoms with Crippen molar-refractivity contribution in [3.8, 4) is 11.4 Å². The van der Waals surface area contributed by atoms with Crippen molar-refractivity contribution in [1.82, 2.24) is 25.1 Å². The summed E-state index contributed by atoms with van der Waals surface area (Å²) in [6.07, 6.45) is 1.32. The van der Waals surface area contributed by atoms with Crippen LogP contribution in [-0.4, -0.2) is 31.1 Å². The molecular weight excluding hydrogens is 351 g/mol. The molecule has 0 radical (unpaired) electrons. The summed E-state index contributed by atoms with van der Waals surface area (Å²) in [4.78, 5) is 35.9. The number of H-pyrrole nitrogens is 2. The Morgan fingerprint density at radius 1 is 1.26 bits per heavy atom. The fourth-order valence-corrected chi connectivity index (χ4v) is 2.51. The fraction of sp³-hybridized carbons (Fsp3) is 0.278. The predicted molar refractivity (Wildman–Crippen MR) is 98.0 cm³/mol. The number of hydrogen-bond acceptors (Lipinski definition) is 5. The van der Waals surface area contributed by atoms with Gasteiger partial charge >= 0.3 is 0 Å². The minimum absolute atomic E-state index is 0.0763. The van der Waals surface area contributed by atoms with Crippen molar-refractivity contribution < 1.29 is 9.18 Å². The second-order valence-electron chi connectivity index (χ2n) is 7.11. The average molecular weight is 370 g/mol. The van der Waals surface area contributed by atoms with Gasteiger partial charge in [-0.15, -0.1) is 0 Å². The van der Waals surface area contributed by atoms with Crippen molar-refractivity contribution in [1.29, 1.82) is 0 Å². The van der Waals surface area contributed by atoms with Gasteiger partial charge in [0.25, 0.3) is 11.5 Å². The highest BCUT2D eigenvalue weighted by molar-refractivity contribution is 6.05. The van der Waals surface area contributed by atoms with Crippen LogP contribution in [0.3, 0.4) is 0 Å². The van der Waals surface area contributed by atoms with Gasteiger partial charge in [0.1, 0.15) is 23.5 Å². The van der Waals surface area contributed by atoms with E-state index in [2.05, 4.69) is 30.5 Å². The monoisotopic (exact) mass is 370 g/mol. The number of carbonyl (C=O) groups excluding carboxylic acids is 1. The Balaban J connectivity index is 1.95.